The molecule has 1 fully saturated rings. The maximum absolute atomic E-state index is 11.9. The molecule has 15 heteroatoms. The van der Waals surface area contributed by atoms with Crippen LogP contribution < -0.4 is 5.32 Å². The lowest BCUT2D eigenvalue weighted by atomic mass is 9.96. The molecule has 0 aromatic carbocycles. The molecular weight excluding hydrogens is 445 g/mol. The summed E-state index contributed by atoms with van der Waals surface area (Å²) in [5.74, 6) is -3.02. The SMILES string of the molecule is COC(=O)[C@@H](C)O[C@@H]1[C@@H](NC(C)=O)[C@@H](OP(=O)(O)O)O[C@H](COC(C)=O)[C@H]1OC(C)=O. The van der Waals surface area contributed by atoms with Crippen molar-refractivity contribution >= 4 is 31.6 Å². The van der Waals surface area contributed by atoms with Crippen LogP contribution in [0.5, 0.6) is 0 Å². The fourth-order valence-electron chi connectivity index (χ4n) is 2.80. The molecule has 14 nitrogen and oxygen atoms in total. The van der Waals surface area contributed by atoms with Crippen molar-refractivity contribution in [3.63, 3.8) is 0 Å². The Labute approximate surface area is 177 Å². The molecule has 0 saturated carbocycles. The average Bonchev–Trinajstić information content (AvgIpc) is 2.62. The summed E-state index contributed by atoms with van der Waals surface area (Å²) < 4.78 is 41.8. The van der Waals surface area contributed by atoms with Gasteiger partial charge in [0.25, 0.3) is 0 Å². The van der Waals surface area contributed by atoms with Gasteiger partial charge in [0.1, 0.15) is 24.9 Å². The molecule has 1 heterocycles. The highest BCUT2D eigenvalue weighted by atomic mass is 31.2. The van der Waals surface area contributed by atoms with Crippen LogP contribution in [0.4, 0.5) is 0 Å². The molecule has 0 bridgehead atoms. The van der Waals surface area contributed by atoms with E-state index < -0.39 is 75.0 Å². The van der Waals surface area contributed by atoms with Crippen molar-refractivity contribution in [2.45, 2.75) is 64.4 Å². The Kier molecular flexibility index (Phi) is 10.0. The largest absolute Gasteiger partial charge is 0.472 e. The van der Waals surface area contributed by atoms with Crippen LogP contribution >= 0.6 is 7.82 Å². The maximum Gasteiger partial charge on any atom is 0.472 e. The highest BCUT2D eigenvalue weighted by Gasteiger charge is 2.52. The lowest BCUT2D eigenvalue weighted by Crippen LogP contribution is -2.66. The number of phosphoric acid groups is 1. The van der Waals surface area contributed by atoms with Crippen LogP contribution in [0, 0.1) is 0 Å². The highest BCUT2D eigenvalue weighted by Crippen LogP contribution is 2.41. The summed E-state index contributed by atoms with van der Waals surface area (Å²) >= 11 is 0. The van der Waals surface area contributed by atoms with Gasteiger partial charge >= 0.3 is 25.7 Å². The van der Waals surface area contributed by atoms with Crippen LogP contribution in [-0.2, 0) is 52.0 Å². The second-order valence-corrected chi connectivity index (χ2v) is 7.70. The van der Waals surface area contributed by atoms with Crippen molar-refractivity contribution < 1.29 is 61.7 Å². The molecule has 0 unspecified atom stereocenters. The van der Waals surface area contributed by atoms with Crippen LogP contribution in [0.25, 0.3) is 0 Å². The Balaban J connectivity index is 3.43. The molecule has 0 spiro atoms. The molecule has 3 N–H and O–H groups in total. The topological polar surface area (TPSA) is 193 Å². The molecule has 31 heavy (non-hydrogen) atoms. The number of hydrogen-bond donors (Lipinski definition) is 3. The number of methoxy groups -OCH3 is 1. The van der Waals surface area contributed by atoms with Gasteiger partial charge in [-0.25, -0.2) is 9.36 Å². The lowest BCUT2D eigenvalue weighted by Gasteiger charge is -2.45. The first-order valence-electron chi connectivity index (χ1n) is 8.95. The monoisotopic (exact) mass is 471 g/mol. The minimum absolute atomic E-state index is 0.520. The van der Waals surface area contributed by atoms with Gasteiger partial charge in [0, 0.05) is 20.8 Å². The summed E-state index contributed by atoms with van der Waals surface area (Å²) in [6.45, 7) is 4.04. The number of esters is 3. The molecular formula is C16H26NO13P. The third kappa shape index (κ3) is 8.89. The van der Waals surface area contributed by atoms with Crippen molar-refractivity contribution in [2.75, 3.05) is 13.7 Å². The number of hydrogen-bond acceptors (Lipinski definition) is 11. The molecule has 1 amide bonds. The van der Waals surface area contributed by atoms with E-state index in [9.17, 15) is 33.5 Å². The van der Waals surface area contributed by atoms with Crippen LogP contribution in [0.1, 0.15) is 27.7 Å². The van der Waals surface area contributed by atoms with E-state index >= 15 is 0 Å². The van der Waals surface area contributed by atoms with E-state index in [2.05, 4.69) is 14.6 Å². The minimum atomic E-state index is -5.15. The summed E-state index contributed by atoms with van der Waals surface area (Å²) in [4.78, 5) is 65.0. The normalized spacial score (nSPS) is 27.0. The third-order valence-corrected chi connectivity index (χ3v) is 4.39. The Morgan fingerprint density at radius 1 is 1.10 bits per heavy atom. The molecule has 0 radical (unpaired) electrons. The Hall–Kier alpha value is -2.09. The first kappa shape index (κ1) is 26.9. The molecule has 1 aliphatic rings. The molecule has 0 aliphatic carbocycles. The predicted octanol–water partition coefficient (Wildman–Crippen LogP) is -1.23. The number of ether oxygens (including phenoxy) is 5. The number of nitrogens with one attached hydrogen (secondary N) is 1. The summed E-state index contributed by atoms with van der Waals surface area (Å²) in [5, 5.41) is 2.35. The van der Waals surface area contributed by atoms with Gasteiger partial charge in [-0.3, -0.25) is 18.9 Å². The lowest BCUT2D eigenvalue weighted by molar-refractivity contribution is -0.268. The molecule has 0 aromatic heterocycles. The van der Waals surface area contributed by atoms with Crippen LogP contribution in [0.3, 0.4) is 0 Å². The zero-order valence-corrected chi connectivity index (χ0v) is 18.4. The molecule has 0 aromatic rings. The first-order chi connectivity index (χ1) is 14.2. The average molecular weight is 471 g/mol. The van der Waals surface area contributed by atoms with Gasteiger partial charge in [-0.2, -0.15) is 0 Å². The number of rotatable bonds is 9. The summed E-state index contributed by atoms with van der Waals surface area (Å²) in [5.41, 5.74) is 0. The van der Waals surface area contributed by atoms with E-state index in [-0.39, 0.29) is 0 Å². The highest BCUT2D eigenvalue weighted by molar-refractivity contribution is 7.46. The fraction of sp³-hybridized carbons (Fsp3) is 0.750. The summed E-state index contributed by atoms with van der Waals surface area (Å²) in [7, 11) is -4.05. The molecule has 1 rings (SSSR count). The van der Waals surface area contributed by atoms with Gasteiger partial charge in [0.2, 0.25) is 5.91 Å². The standard InChI is InChI=1S/C16H26NO13P/c1-7(15(21)25-5)27-14-12(17-8(2)18)16(30-31(22,23)24)29-11(6-26-9(3)19)13(14)28-10(4)20/h7,11-14,16H,6H2,1-5H3,(H,17,18)(H2,22,23,24)/t7-,11-,12-,13-,14-,16-/m1/s1. The van der Waals surface area contributed by atoms with E-state index in [4.69, 9.17) is 18.9 Å². The van der Waals surface area contributed by atoms with E-state index in [0.29, 0.717) is 0 Å². The minimum Gasteiger partial charge on any atom is -0.467 e. The van der Waals surface area contributed by atoms with E-state index in [1.807, 2.05) is 0 Å². The third-order valence-electron chi connectivity index (χ3n) is 3.90. The Morgan fingerprint density at radius 3 is 2.16 bits per heavy atom. The van der Waals surface area contributed by atoms with E-state index in [0.717, 1.165) is 27.9 Å². The quantitative estimate of drug-likeness (QED) is 0.206. The predicted molar refractivity (Wildman–Crippen MR) is 97.9 cm³/mol. The molecule has 6 atom stereocenters. The van der Waals surface area contributed by atoms with Gasteiger partial charge in [0.05, 0.1) is 7.11 Å². The van der Waals surface area contributed by atoms with Gasteiger partial charge in [-0.05, 0) is 6.92 Å². The van der Waals surface area contributed by atoms with Crippen LogP contribution in [-0.4, -0.2) is 84.1 Å². The molecule has 178 valence electrons. The number of amides is 1. The summed E-state index contributed by atoms with van der Waals surface area (Å²) in [6, 6.07) is -1.45. The van der Waals surface area contributed by atoms with Crippen LogP contribution in [0.2, 0.25) is 0 Å². The van der Waals surface area contributed by atoms with Crippen molar-refractivity contribution in [2.24, 2.45) is 0 Å². The van der Waals surface area contributed by atoms with Gasteiger partial charge in [-0.1, -0.05) is 0 Å². The Morgan fingerprint density at radius 2 is 1.71 bits per heavy atom. The first-order valence-corrected chi connectivity index (χ1v) is 10.5. The second-order valence-electron chi connectivity index (χ2n) is 6.51. The van der Waals surface area contributed by atoms with E-state index in [1.54, 1.807) is 0 Å². The van der Waals surface area contributed by atoms with Crippen molar-refractivity contribution in [1.29, 1.82) is 0 Å². The fourth-order valence-corrected chi connectivity index (χ4v) is 3.25. The second kappa shape index (κ2) is 11.5. The number of carbonyl (C=O) groups is 4. The van der Waals surface area contributed by atoms with E-state index in [1.165, 1.54) is 6.92 Å². The smallest absolute Gasteiger partial charge is 0.467 e. The van der Waals surface area contributed by atoms with Gasteiger partial charge < -0.3 is 38.8 Å². The summed E-state index contributed by atoms with van der Waals surface area (Å²) in [6.07, 6.45) is -7.21. The number of phosphoric ester groups is 1. The number of carbonyl (C=O) groups excluding carboxylic acids is 4. The zero-order chi connectivity index (χ0) is 23.9. The van der Waals surface area contributed by atoms with Gasteiger partial charge in [0.15, 0.2) is 18.5 Å². The van der Waals surface area contributed by atoms with Gasteiger partial charge in [-0.15, -0.1) is 0 Å². The maximum atomic E-state index is 11.9. The molecule has 1 aliphatic heterocycles. The van der Waals surface area contributed by atoms with Crippen molar-refractivity contribution in [3.8, 4) is 0 Å². The van der Waals surface area contributed by atoms with Crippen molar-refractivity contribution in [3.05, 3.63) is 0 Å². The van der Waals surface area contributed by atoms with Crippen LogP contribution in [0.15, 0.2) is 0 Å². The van der Waals surface area contributed by atoms with Crippen molar-refractivity contribution in [1.82, 2.24) is 5.32 Å². The molecule has 1 saturated heterocycles. The zero-order valence-electron chi connectivity index (χ0n) is 17.5. The Bertz CT molecular complexity index is 722.